The minimum Gasteiger partial charge on any atom is -0.340 e. The molecule has 2 fully saturated rings. The first-order chi connectivity index (χ1) is 8.87. The normalized spacial score (nSPS) is 36.7. The first kappa shape index (κ1) is 14.3. The minimum absolute atomic E-state index is 0.0321. The zero-order valence-corrected chi connectivity index (χ0v) is 12.4. The molecule has 0 aromatic heterocycles. The Bertz CT molecular complexity index is 385. The Morgan fingerprint density at radius 3 is 2.63 bits per heavy atom. The smallest absolute Gasteiger partial charge is 0.248 e. The number of hydrogen-bond donors (Lipinski definition) is 1. The SMILES string of the molecule is CCC1(C)NC(=O)C(C)N(CC2CCN(C)C2)C1=O. The van der Waals surface area contributed by atoms with E-state index in [1.165, 1.54) is 0 Å². The number of carbonyl (C=O) groups excluding carboxylic acids is 2. The predicted molar refractivity (Wildman–Crippen MR) is 73.6 cm³/mol. The van der Waals surface area contributed by atoms with Crippen molar-refractivity contribution >= 4 is 11.8 Å². The van der Waals surface area contributed by atoms with Crippen molar-refractivity contribution < 1.29 is 9.59 Å². The lowest BCUT2D eigenvalue weighted by Crippen LogP contribution is -2.68. The average molecular weight is 267 g/mol. The highest BCUT2D eigenvalue weighted by Gasteiger charge is 2.45. The molecule has 0 aliphatic carbocycles. The van der Waals surface area contributed by atoms with Crippen LogP contribution in [0.15, 0.2) is 0 Å². The van der Waals surface area contributed by atoms with E-state index in [2.05, 4.69) is 17.3 Å². The number of carbonyl (C=O) groups is 2. The van der Waals surface area contributed by atoms with E-state index >= 15 is 0 Å². The maximum atomic E-state index is 12.6. The van der Waals surface area contributed by atoms with Gasteiger partial charge in [0.25, 0.3) is 0 Å². The van der Waals surface area contributed by atoms with E-state index in [4.69, 9.17) is 0 Å². The number of hydrogen-bond acceptors (Lipinski definition) is 3. The van der Waals surface area contributed by atoms with E-state index in [1.54, 1.807) is 4.90 Å². The van der Waals surface area contributed by atoms with Gasteiger partial charge in [0.2, 0.25) is 11.8 Å². The average Bonchev–Trinajstić information content (AvgIpc) is 2.78. The minimum atomic E-state index is -0.728. The maximum absolute atomic E-state index is 12.6. The van der Waals surface area contributed by atoms with Crippen molar-refractivity contribution in [3.8, 4) is 0 Å². The summed E-state index contributed by atoms with van der Waals surface area (Å²) >= 11 is 0. The van der Waals surface area contributed by atoms with Crippen LogP contribution < -0.4 is 5.32 Å². The first-order valence-corrected chi connectivity index (χ1v) is 7.19. The summed E-state index contributed by atoms with van der Waals surface area (Å²) in [7, 11) is 2.10. The molecule has 2 rings (SSSR count). The second-order valence-corrected chi connectivity index (χ2v) is 6.23. The molecule has 3 unspecified atom stereocenters. The van der Waals surface area contributed by atoms with E-state index in [0.29, 0.717) is 18.9 Å². The molecule has 2 amide bonds. The monoisotopic (exact) mass is 267 g/mol. The van der Waals surface area contributed by atoms with Crippen LogP contribution in [0.25, 0.3) is 0 Å². The topological polar surface area (TPSA) is 52.7 Å². The fourth-order valence-electron chi connectivity index (χ4n) is 3.00. The standard InChI is InChI=1S/C14H25N3O2/c1-5-14(3)13(19)17(10(2)12(18)15-14)9-11-6-7-16(4)8-11/h10-11H,5-9H2,1-4H3,(H,15,18). The van der Waals surface area contributed by atoms with Gasteiger partial charge in [0.15, 0.2) is 0 Å². The lowest BCUT2D eigenvalue weighted by Gasteiger charge is -2.43. The van der Waals surface area contributed by atoms with Gasteiger partial charge in [-0.05, 0) is 46.2 Å². The Labute approximate surface area is 115 Å². The molecule has 108 valence electrons. The van der Waals surface area contributed by atoms with Crippen LogP contribution in [-0.4, -0.2) is 59.9 Å². The summed E-state index contributed by atoms with van der Waals surface area (Å²) in [5, 5.41) is 2.87. The summed E-state index contributed by atoms with van der Waals surface area (Å²) < 4.78 is 0. The molecule has 3 atom stereocenters. The summed E-state index contributed by atoms with van der Waals surface area (Å²) in [4.78, 5) is 28.7. The third-order valence-electron chi connectivity index (χ3n) is 4.63. The van der Waals surface area contributed by atoms with Gasteiger partial charge in [0.05, 0.1) is 0 Å². The van der Waals surface area contributed by atoms with Gasteiger partial charge in [-0.25, -0.2) is 0 Å². The number of likely N-dealkylation sites (tertiary alicyclic amines) is 1. The number of rotatable bonds is 3. The molecule has 0 spiro atoms. The number of nitrogens with zero attached hydrogens (tertiary/aromatic N) is 2. The molecule has 0 radical (unpaired) electrons. The Balaban J connectivity index is 2.12. The Morgan fingerprint density at radius 2 is 2.11 bits per heavy atom. The summed E-state index contributed by atoms with van der Waals surface area (Å²) in [6.45, 7) is 8.39. The molecule has 5 nitrogen and oxygen atoms in total. The highest BCUT2D eigenvalue weighted by atomic mass is 16.2. The van der Waals surface area contributed by atoms with Gasteiger partial charge in [0, 0.05) is 13.1 Å². The molecule has 2 aliphatic rings. The molecule has 0 saturated carbocycles. The van der Waals surface area contributed by atoms with Gasteiger partial charge in [-0.1, -0.05) is 6.92 Å². The molecular weight excluding hydrogens is 242 g/mol. The summed E-state index contributed by atoms with van der Waals surface area (Å²) in [6.07, 6.45) is 1.74. The van der Waals surface area contributed by atoms with E-state index in [1.807, 2.05) is 20.8 Å². The van der Waals surface area contributed by atoms with Crippen LogP contribution in [0.3, 0.4) is 0 Å². The maximum Gasteiger partial charge on any atom is 0.248 e. The van der Waals surface area contributed by atoms with Crippen LogP contribution in [0, 0.1) is 5.92 Å². The predicted octanol–water partition coefficient (Wildman–Crippen LogP) is 0.454. The summed E-state index contributed by atoms with van der Waals surface area (Å²) in [5.41, 5.74) is -0.728. The summed E-state index contributed by atoms with van der Waals surface area (Å²) in [5.74, 6) is 0.523. The van der Waals surface area contributed by atoms with Crippen molar-refractivity contribution in [1.29, 1.82) is 0 Å². The van der Waals surface area contributed by atoms with Gasteiger partial charge in [-0.3, -0.25) is 9.59 Å². The van der Waals surface area contributed by atoms with Crippen molar-refractivity contribution in [2.75, 3.05) is 26.7 Å². The molecule has 0 aromatic carbocycles. The van der Waals surface area contributed by atoms with Crippen LogP contribution in [-0.2, 0) is 9.59 Å². The highest BCUT2D eigenvalue weighted by molar-refractivity contribution is 5.99. The van der Waals surface area contributed by atoms with Crippen LogP contribution in [0.5, 0.6) is 0 Å². The van der Waals surface area contributed by atoms with Crippen molar-refractivity contribution in [2.24, 2.45) is 5.92 Å². The van der Waals surface area contributed by atoms with Crippen molar-refractivity contribution in [3.05, 3.63) is 0 Å². The lowest BCUT2D eigenvalue weighted by molar-refractivity contribution is -0.154. The van der Waals surface area contributed by atoms with Crippen LogP contribution in [0.1, 0.15) is 33.6 Å². The number of nitrogens with one attached hydrogen (secondary N) is 1. The van der Waals surface area contributed by atoms with Gasteiger partial charge < -0.3 is 15.1 Å². The molecule has 1 N–H and O–H groups in total. The van der Waals surface area contributed by atoms with E-state index in [9.17, 15) is 9.59 Å². The van der Waals surface area contributed by atoms with Crippen LogP contribution in [0.4, 0.5) is 0 Å². The molecule has 2 aliphatic heterocycles. The van der Waals surface area contributed by atoms with E-state index in [0.717, 1.165) is 19.5 Å². The molecule has 0 bridgehead atoms. The fourth-order valence-corrected chi connectivity index (χ4v) is 3.00. The Morgan fingerprint density at radius 1 is 1.42 bits per heavy atom. The highest BCUT2D eigenvalue weighted by Crippen LogP contribution is 2.24. The third kappa shape index (κ3) is 2.61. The quantitative estimate of drug-likeness (QED) is 0.808. The van der Waals surface area contributed by atoms with Crippen molar-refractivity contribution in [3.63, 3.8) is 0 Å². The summed E-state index contributed by atoms with van der Waals surface area (Å²) in [6, 6.07) is -0.349. The Kier molecular flexibility index (Phi) is 3.85. The third-order valence-corrected chi connectivity index (χ3v) is 4.63. The Hall–Kier alpha value is -1.10. The number of piperazine rings is 1. The fraction of sp³-hybridized carbons (Fsp3) is 0.857. The number of amides is 2. The molecule has 2 saturated heterocycles. The zero-order chi connectivity index (χ0) is 14.2. The van der Waals surface area contributed by atoms with Gasteiger partial charge >= 0.3 is 0 Å². The van der Waals surface area contributed by atoms with Gasteiger partial charge in [-0.15, -0.1) is 0 Å². The molecular formula is C14H25N3O2. The molecule has 19 heavy (non-hydrogen) atoms. The zero-order valence-electron chi connectivity index (χ0n) is 12.4. The molecule has 5 heteroatoms. The van der Waals surface area contributed by atoms with Gasteiger partial charge in [-0.2, -0.15) is 0 Å². The second-order valence-electron chi connectivity index (χ2n) is 6.23. The van der Waals surface area contributed by atoms with Gasteiger partial charge in [0.1, 0.15) is 11.6 Å². The first-order valence-electron chi connectivity index (χ1n) is 7.19. The van der Waals surface area contributed by atoms with Crippen molar-refractivity contribution in [1.82, 2.24) is 15.1 Å². The van der Waals surface area contributed by atoms with Crippen molar-refractivity contribution in [2.45, 2.75) is 45.2 Å². The lowest BCUT2D eigenvalue weighted by atomic mass is 9.91. The molecule has 0 aromatic rings. The second kappa shape index (κ2) is 5.12. The van der Waals surface area contributed by atoms with Crippen LogP contribution >= 0.6 is 0 Å². The van der Waals surface area contributed by atoms with E-state index in [-0.39, 0.29) is 17.9 Å². The van der Waals surface area contributed by atoms with E-state index < -0.39 is 5.54 Å². The van der Waals surface area contributed by atoms with Crippen LogP contribution in [0.2, 0.25) is 0 Å². The molecule has 2 heterocycles. The largest absolute Gasteiger partial charge is 0.340 e.